The molecular formula is C10H20N2O. The van der Waals surface area contributed by atoms with Crippen LogP contribution in [0.3, 0.4) is 0 Å². The van der Waals surface area contributed by atoms with Gasteiger partial charge in [-0.05, 0) is 18.9 Å². The van der Waals surface area contributed by atoms with Crippen LogP contribution in [-0.2, 0) is 4.79 Å². The van der Waals surface area contributed by atoms with Gasteiger partial charge in [0.2, 0.25) is 5.91 Å². The summed E-state index contributed by atoms with van der Waals surface area (Å²) in [7, 11) is 0. The average Bonchev–Trinajstić information content (AvgIpc) is 2.48. The van der Waals surface area contributed by atoms with Gasteiger partial charge < -0.3 is 10.6 Å². The third-order valence-corrected chi connectivity index (χ3v) is 2.55. The molecule has 0 aromatic heterocycles. The molecule has 0 saturated carbocycles. The molecule has 2 N–H and O–H groups in total. The molecule has 1 aliphatic rings. The Hall–Kier alpha value is -0.570. The Morgan fingerprint density at radius 3 is 2.54 bits per heavy atom. The molecule has 3 nitrogen and oxygen atoms in total. The molecule has 0 aliphatic carbocycles. The van der Waals surface area contributed by atoms with Crippen LogP contribution in [-0.4, -0.2) is 30.4 Å². The second kappa shape index (κ2) is 3.66. The molecule has 0 radical (unpaired) electrons. The highest BCUT2D eigenvalue weighted by Gasteiger charge is 2.31. The largest absolute Gasteiger partial charge is 0.342 e. The molecule has 0 bridgehead atoms. The number of rotatable bonds is 1. The minimum atomic E-state index is -0.247. The lowest BCUT2D eigenvalue weighted by Crippen LogP contribution is -2.38. The predicted octanol–water partition coefficient (Wildman–Crippen LogP) is 0.840. The lowest BCUT2D eigenvalue weighted by Gasteiger charge is -2.25. The van der Waals surface area contributed by atoms with E-state index in [0.717, 1.165) is 19.5 Å². The standard InChI is InChI=1S/C10H20N2O/c1-10(2,3)9(13)12-5-4-8(6-11)7-12/h8H,4-7,11H2,1-3H3/t8-/m1/s1. The smallest absolute Gasteiger partial charge is 0.227 e. The number of carbonyl (C=O) groups is 1. The molecule has 76 valence electrons. The molecule has 1 saturated heterocycles. The minimum Gasteiger partial charge on any atom is -0.342 e. The highest BCUT2D eigenvalue weighted by Crippen LogP contribution is 2.23. The summed E-state index contributed by atoms with van der Waals surface area (Å²) >= 11 is 0. The van der Waals surface area contributed by atoms with Crippen molar-refractivity contribution in [3.8, 4) is 0 Å². The van der Waals surface area contributed by atoms with Crippen LogP contribution in [0.15, 0.2) is 0 Å². The molecule has 1 heterocycles. The SMILES string of the molecule is CC(C)(C)C(=O)N1CC[C@H](CN)C1. The van der Waals surface area contributed by atoms with Crippen molar-refractivity contribution in [3.63, 3.8) is 0 Å². The van der Waals surface area contributed by atoms with E-state index in [9.17, 15) is 4.79 Å². The summed E-state index contributed by atoms with van der Waals surface area (Å²) in [4.78, 5) is 13.8. The van der Waals surface area contributed by atoms with E-state index in [1.54, 1.807) is 0 Å². The Balaban J connectivity index is 2.52. The molecule has 1 fully saturated rings. The van der Waals surface area contributed by atoms with Gasteiger partial charge in [0.05, 0.1) is 0 Å². The highest BCUT2D eigenvalue weighted by molar-refractivity contribution is 5.81. The van der Waals surface area contributed by atoms with Gasteiger partial charge in [-0.15, -0.1) is 0 Å². The monoisotopic (exact) mass is 184 g/mol. The van der Waals surface area contributed by atoms with E-state index in [4.69, 9.17) is 5.73 Å². The normalized spacial score (nSPS) is 23.7. The van der Waals surface area contributed by atoms with E-state index in [-0.39, 0.29) is 11.3 Å². The van der Waals surface area contributed by atoms with Gasteiger partial charge in [0.25, 0.3) is 0 Å². The second-order valence-electron chi connectivity index (χ2n) is 4.89. The van der Waals surface area contributed by atoms with E-state index in [2.05, 4.69) is 0 Å². The van der Waals surface area contributed by atoms with Crippen LogP contribution in [0, 0.1) is 11.3 Å². The number of amides is 1. The van der Waals surface area contributed by atoms with Gasteiger partial charge in [0.1, 0.15) is 0 Å². The number of hydrogen-bond acceptors (Lipinski definition) is 2. The molecular weight excluding hydrogens is 164 g/mol. The molecule has 3 heteroatoms. The summed E-state index contributed by atoms with van der Waals surface area (Å²) in [6.45, 7) is 8.33. The van der Waals surface area contributed by atoms with E-state index in [1.165, 1.54) is 0 Å². The Morgan fingerprint density at radius 2 is 2.15 bits per heavy atom. The van der Waals surface area contributed by atoms with Gasteiger partial charge in [-0.25, -0.2) is 0 Å². The summed E-state index contributed by atoms with van der Waals surface area (Å²) < 4.78 is 0. The number of hydrogen-bond donors (Lipinski definition) is 1. The fourth-order valence-corrected chi connectivity index (χ4v) is 1.68. The molecule has 0 spiro atoms. The van der Waals surface area contributed by atoms with Crippen LogP contribution in [0.4, 0.5) is 0 Å². The first-order valence-corrected chi connectivity index (χ1v) is 4.94. The number of carbonyl (C=O) groups excluding carboxylic acids is 1. The second-order valence-corrected chi connectivity index (χ2v) is 4.89. The van der Waals surface area contributed by atoms with E-state index in [1.807, 2.05) is 25.7 Å². The van der Waals surface area contributed by atoms with Gasteiger partial charge in [-0.2, -0.15) is 0 Å². The maximum atomic E-state index is 11.8. The van der Waals surface area contributed by atoms with E-state index in [0.29, 0.717) is 12.5 Å². The van der Waals surface area contributed by atoms with Crippen LogP contribution in [0.25, 0.3) is 0 Å². The maximum absolute atomic E-state index is 11.8. The fourth-order valence-electron chi connectivity index (χ4n) is 1.68. The first-order chi connectivity index (χ1) is 5.95. The molecule has 1 amide bonds. The minimum absolute atomic E-state index is 0.247. The van der Waals surface area contributed by atoms with Crippen LogP contribution in [0.1, 0.15) is 27.2 Å². The van der Waals surface area contributed by atoms with E-state index < -0.39 is 0 Å². The summed E-state index contributed by atoms with van der Waals surface area (Å²) in [5, 5.41) is 0. The molecule has 1 aliphatic heterocycles. The van der Waals surface area contributed by atoms with Crippen molar-refractivity contribution in [2.24, 2.45) is 17.1 Å². The van der Waals surface area contributed by atoms with E-state index >= 15 is 0 Å². The third-order valence-electron chi connectivity index (χ3n) is 2.55. The first-order valence-electron chi connectivity index (χ1n) is 4.94. The van der Waals surface area contributed by atoms with Crippen molar-refractivity contribution in [2.75, 3.05) is 19.6 Å². The van der Waals surface area contributed by atoms with Crippen LogP contribution >= 0.6 is 0 Å². The molecule has 0 aromatic carbocycles. The molecule has 13 heavy (non-hydrogen) atoms. The van der Waals surface area contributed by atoms with Gasteiger partial charge in [-0.3, -0.25) is 4.79 Å². The average molecular weight is 184 g/mol. The highest BCUT2D eigenvalue weighted by atomic mass is 16.2. The lowest BCUT2D eigenvalue weighted by atomic mass is 9.95. The first kappa shape index (κ1) is 10.5. The predicted molar refractivity (Wildman–Crippen MR) is 53.2 cm³/mol. The van der Waals surface area contributed by atoms with Crippen molar-refractivity contribution in [1.29, 1.82) is 0 Å². The van der Waals surface area contributed by atoms with Crippen molar-refractivity contribution in [1.82, 2.24) is 4.90 Å². The molecule has 0 unspecified atom stereocenters. The quantitative estimate of drug-likeness (QED) is 0.656. The van der Waals surface area contributed by atoms with Gasteiger partial charge in [-0.1, -0.05) is 20.8 Å². The van der Waals surface area contributed by atoms with Crippen molar-refractivity contribution in [3.05, 3.63) is 0 Å². The summed E-state index contributed by atoms with van der Waals surface area (Å²) in [6, 6.07) is 0. The molecule has 0 aromatic rings. The zero-order valence-electron chi connectivity index (χ0n) is 8.84. The Bertz CT molecular complexity index is 196. The topological polar surface area (TPSA) is 46.3 Å². The van der Waals surface area contributed by atoms with Gasteiger partial charge in [0.15, 0.2) is 0 Å². The summed E-state index contributed by atoms with van der Waals surface area (Å²) in [5.41, 5.74) is 5.32. The fraction of sp³-hybridized carbons (Fsp3) is 0.900. The Morgan fingerprint density at radius 1 is 1.54 bits per heavy atom. The summed E-state index contributed by atoms with van der Waals surface area (Å²) in [5.74, 6) is 0.773. The Labute approximate surface area is 80.3 Å². The van der Waals surface area contributed by atoms with Crippen LogP contribution < -0.4 is 5.73 Å². The van der Waals surface area contributed by atoms with Crippen LogP contribution in [0.5, 0.6) is 0 Å². The van der Waals surface area contributed by atoms with Gasteiger partial charge >= 0.3 is 0 Å². The number of nitrogens with zero attached hydrogens (tertiary/aromatic N) is 1. The Kier molecular flexibility index (Phi) is 2.96. The van der Waals surface area contributed by atoms with Crippen molar-refractivity contribution >= 4 is 5.91 Å². The number of likely N-dealkylation sites (tertiary alicyclic amines) is 1. The van der Waals surface area contributed by atoms with Crippen molar-refractivity contribution < 1.29 is 4.79 Å². The zero-order chi connectivity index (χ0) is 10.1. The maximum Gasteiger partial charge on any atom is 0.227 e. The summed E-state index contributed by atoms with van der Waals surface area (Å²) in [6.07, 6.45) is 1.07. The molecule has 1 atom stereocenters. The third kappa shape index (κ3) is 2.44. The zero-order valence-corrected chi connectivity index (χ0v) is 8.84. The molecule has 1 rings (SSSR count). The lowest BCUT2D eigenvalue weighted by molar-refractivity contribution is -0.138. The van der Waals surface area contributed by atoms with Gasteiger partial charge in [0, 0.05) is 18.5 Å². The number of nitrogens with two attached hydrogens (primary N) is 1. The van der Waals surface area contributed by atoms with Crippen LogP contribution in [0.2, 0.25) is 0 Å². The van der Waals surface area contributed by atoms with Crippen molar-refractivity contribution in [2.45, 2.75) is 27.2 Å².